The van der Waals surface area contributed by atoms with E-state index in [4.69, 9.17) is 4.74 Å². The second-order valence-corrected chi connectivity index (χ2v) is 5.53. The maximum Gasteiger partial charge on any atom is 0.150 e. The number of ether oxygens (including phenoxy) is 1. The maximum absolute atomic E-state index is 13.9. The second kappa shape index (κ2) is 5.40. The number of hydrogen-bond donors (Lipinski definition) is 1. The van der Waals surface area contributed by atoms with E-state index in [1.807, 2.05) is 24.3 Å². The van der Waals surface area contributed by atoms with Crippen LogP contribution in [-0.2, 0) is 0 Å². The van der Waals surface area contributed by atoms with Crippen molar-refractivity contribution in [1.29, 1.82) is 0 Å². The third-order valence-corrected chi connectivity index (χ3v) is 3.74. The molecule has 3 rings (SSSR count). The second-order valence-electron chi connectivity index (χ2n) is 4.62. The molecule has 1 unspecified atom stereocenters. The van der Waals surface area contributed by atoms with Gasteiger partial charge in [-0.25, -0.2) is 8.78 Å². The first-order valence-corrected chi connectivity index (χ1v) is 7.07. The smallest absolute Gasteiger partial charge is 0.150 e. The SMILES string of the molecule is Fc1cc(Br)cc(F)c1NC1CCOc2ccccc21. The molecule has 20 heavy (non-hydrogen) atoms. The normalized spacial score (nSPS) is 17.2. The minimum atomic E-state index is -0.610. The molecule has 2 aromatic carbocycles. The number of halogens is 3. The number of benzene rings is 2. The van der Waals surface area contributed by atoms with Crippen LogP contribution in [0.5, 0.6) is 5.75 Å². The van der Waals surface area contributed by atoms with Gasteiger partial charge >= 0.3 is 0 Å². The number of para-hydroxylation sites is 1. The van der Waals surface area contributed by atoms with Gasteiger partial charge in [0.25, 0.3) is 0 Å². The predicted octanol–water partition coefficient (Wildman–Crippen LogP) is 4.66. The van der Waals surface area contributed by atoms with Gasteiger partial charge in [0, 0.05) is 16.5 Å². The minimum absolute atomic E-state index is 0.102. The molecule has 1 heterocycles. The molecule has 0 bridgehead atoms. The van der Waals surface area contributed by atoms with Crippen molar-refractivity contribution in [3.8, 4) is 5.75 Å². The molecule has 0 spiro atoms. The Bertz CT molecular complexity index is 625. The molecular weight excluding hydrogens is 328 g/mol. The zero-order chi connectivity index (χ0) is 14.1. The van der Waals surface area contributed by atoms with Crippen LogP contribution in [0.2, 0.25) is 0 Å². The highest BCUT2D eigenvalue weighted by Gasteiger charge is 2.23. The monoisotopic (exact) mass is 339 g/mol. The fourth-order valence-electron chi connectivity index (χ4n) is 2.35. The molecule has 0 fully saturated rings. The van der Waals surface area contributed by atoms with E-state index >= 15 is 0 Å². The topological polar surface area (TPSA) is 21.3 Å². The minimum Gasteiger partial charge on any atom is -0.493 e. The molecule has 2 aromatic rings. The summed E-state index contributed by atoms with van der Waals surface area (Å²) in [6.45, 7) is 0.522. The molecule has 104 valence electrons. The lowest BCUT2D eigenvalue weighted by atomic mass is 10.0. The van der Waals surface area contributed by atoms with Gasteiger partial charge in [0.05, 0.1) is 12.6 Å². The Labute approximate surface area is 123 Å². The molecule has 1 aliphatic heterocycles. The lowest BCUT2D eigenvalue weighted by molar-refractivity contribution is 0.274. The van der Waals surface area contributed by atoms with E-state index in [1.165, 1.54) is 12.1 Å². The van der Waals surface area contributed by atoms with Crippen LogP contribution >= 0.6 is 15.9 Å². The van der Waals surface area contributed by atoms with E-state index < -0.39 is 11.6 Å². The van der Waals surface area contributed by atoms with Crippen molar-refractivity contribution < 1.29 is 13.5 Å². The third-order valence-electron chi connectivity index (χ3n) is 3.28. The fourth-order valence-corrected chi connectivity index (χ4v) is 2.75. The van der Waals surface area contributed by atoms with Crippen LogP contribution in [0.3, 0.4) is 0 Å². The molecular formula is C15H12BrF2NO. The van der Waals surface area contributed by atoms with Crippen molar-refractivity contribution in [3.05, 3.63) is 58.1 Å². The summed E-state index contributed by atoms with van der Waals surface area (Å²) in [5, 5.41) is 2.95. The lowest BCUT2D eigenvalue weighted by Gasteiger charge is -2.27. The van der Waals surface area contributed by atoms with Crippen LogP contribution in [-0.4, -0.2) is 6.61 Å². The van der Waals surface area contributed by atoms with E-state index in [1.54, 1.807) is 0 Å². The molecule has 0 aromatic heterocycles. The molecule has 5 heteroatoms. The van der Waals surface area contributed by atoms with Gasteiger partial charge in [-0.2, -0.15) is 0 Å². The quantitative estimate of drug-likeness (QED) is 0.858. The third kappa shape index (κ3) is 2.50. The number of nitrogens with one attached hydrogen (secondary N) is 1. The van der Waals surface area contributed by atoms with E-state index in [0.29, 0.717) is 17.5 Å². The molecule has 2 nitrogen and oxygen atoms in total. The van der Waals surface area contributed by atoms with Gasteiger partial charge in [0.15, 0.2) is 0 Å². The predicted molar refractivity (Wildman–Crippen MR) is 77.0 cm³/mol. The van der Waals surface area contributed by atoms with Crippen molar-refractivity contribution in [2.24, 2.45) is 0 Å². The zero-order valence-corrected chi connectivity index (χ0v) is 12.1. The Balaban J connectivity index is 1.94. The van der Waals surface area contributed by atoms with Crippen LogP contribution in [0.15, 0.2) is 40.9 Å². The van der Waals surface area contributed by atoms with Crippen molar-refractivity contribution in [3.63, 3.8) is 0 Å². The molecule has 0 amide bonds. The Morgan fingerprint density at radius 2 is 1.85 bits per heavy atom. The summed E-state index contributed by atoms with van der Waals surface area (Å²) in [7, 11) is 0. The van der Waals surface area contributed by atoms with Gasteiger partial charge in [-0.3, -0.25) is 0 Å². The standard InChI is InChI=1S/C15H12BrF2NO/c16-9-7-11(17)15(12(18)8-9)19-13-5-6-20-14-4-2-1-3-10(13)14/h1-4,7-8,13,19H,5-6H2. The van der Waals surface area contributed by atoms with Gasteiger partial charge in [0.1, 0.15) is 23.1 Å². The van der Waals surface area contributed by atoms with Crippen molar-refractivity contribution in [1.82, 2.24) is 0 Å². The van der Waals surface area contributed by atoms with Gasteiger partial charge in [-0.15, -0.1) is 0 Å². The molecule has 0 saturated carbocycles. The van der Waals surface area contributed by atoms with Crippen molar-refractivity contribution >= 4 is 21.6 Å². The summed E-state index contributed by atoms with van der Waals surface area (Å²) in [5.41, 5.74) is 0.815. The van der Waals surface area contributed by atoms with Crippen LogP contribution in [0.25, 0.3) is 0 Å². The molecule has 1 atom stereocenters. The van der Waals surface area contributed by atoms with E-state index in [9.17, 15) is 8.78 Å². The van der Waals surface area contributed by atoms with E-state index in [0.717, 1.165) is 11.3 Å². The van der Waals surface area contributed by atoms with Crippen LogP contribution < -0.4 is 10.1 Å². The summed E-state index contributed by atoms with van der Waals surface area (Å²) >= 11 is 3.07. The molecule has 0 radical (unpaired) electrons. The van der Waals surface area contributed by atoms with E-state index in [-0.39, 0.29) is 11.7 Å². The Morgan fingerprint density at radius 1 is 1.15 bits per heavy atom. The highest BCUT2D eigenvalue weighted by atomic mass is 79.9. The fraction of sp³-hybridized carbons (Fsp3) is 0.200. The molecule has 0 saturated heterocycles. The van der Waals surface area contributed by atoms with Crippen LogP contribution in [0.4, 0.5) is 14.5 Å². The summed E-state index contributed by atoms with van der Waals surface area (Å²) in [4.78, 5) is 0. The highest BCUT2D eigenvalue weighted by molar-refractivity contribution is 9.10. The average molecular weight is 340 g/mol. The van der Waals surface area contributed by atoms with Crippen molar-refractivity contribution in [2.45, 2.75) is 12.5 Å². The molecule has 1 aliphatic rings. The summed E-state index contributed by atoms with van der Waals surface area (Å²) < 4.78 is 33.7. The first kappa shape index (κ1) is 13.4. The molecule has 0 aliphatic carbocycles. The Hall–Kier alpha value is -1.62. The number of anilines is 1. The Kier molecular flexibility index (Phi) is 3.61. The van der Waals surface area contributed by atoms with Gasteiger partial charge < -0.3 is 10.1 Å². The summed E-state index contributed by atoms with van der Waals surface area (Å²) in [5.74, 6) is -0.462. The highest BCUT2D eigenvalue weighted by Crippen LogP contribution is 2.35. The maximum atomic E-state index is 13.9. The van der Waals surface area contributed by atoms with Crippen LogP contribution in [0.1, 0.15) is 18.0 Å². The zero-order valence-electron chi connectivity index (χ0n) is 10.5. The average Bonchev–Trinajstić information content (AvgIpc) is 2.43. The lowest BCUT2D eigenvalue weighted by Crippen LogP contribution is -2.21. The van der Waals surface area contributed by atoms with Crippen molar-refractivity contribution in [2.75, 3.05) is 11.9 Å². The van der Waals surface area contributed by atoms with Gasteiger partial charge in [-0.05, 0) is 18.2 Å². The molecule has 1 N–H and O–H groups in total. The summed E-state index contributed by atoms with van der Waals surface area (Å²) in [6.07, 6.45) is 0.659. The number of hydrogen-bond acceptors (Lipinski definition) is 2. The number of rotatable bonds is 2. The van der Waals surface area contributed by atoms with Crippen LogP contribution in [0, 0.1) is 11.6 Å². The first-order valence-electron chi connectivity index (χ1n) is 6.28. The van der Waals surface area contributed by atoms with E-state index in [2.05, 4.69) is 21.2 Å². The van der Waals surface area contributed by atoms with Gasteiger partial charge in [-0.1, -0.05) is 34.1 Å². The Morgan fingerprint density at radius 3 is 2.60 bits per heavy atom. The largest absolute Gasteiger partial charge is 0.493 e. The summed E-state index contributed by atoms with van der Waals surface area (Å²) in [6, 6.07) is 9.86. The van der Waals surface area contributed by atoms with Gasteiger partial charge in [0.2, 0.25) is 0 Å². The number of fused-ring (bicyclic) bond motifs is 1. The first-order chi connectivity index (χ1) is 9.65.